The topological polar surface area (TPSA) is 58.6 Å². The average molecular weight is 404 g/mol. The van der Waals surface area contributed by atoms with Gasteiger partial charge in [0.15, 0.2) is 0 Å². The van der Waals surface area contributed by atoms with E-state index in [0.717, 1.165) is 18.9 Å². The second kappa shape index (κ2) is 8.36. The molecule has 1 atom stereocenters. The number of likely N-dealkylation sites (tertiary alicyclic amines) is 1. The highest BCUT2D eigenvalue weighted by atomic mass is 19.4. The van der Waals surface area contributed by atoms with Crippen LogP contribution in [0.4, 0.5) is 22.4 Å². The van der Waals surface area contributed by atoms with Crippen LogP contribution >= 0.6 is 0 Å². The minimum Gasteiger partial charge on any atom is -0.444 e. The summed E-state index contributed by atoms with van der Waals surface area (Å²) in [4.78, 5) is 25.9. The van der Waals surface area contributed by atoms with E-state index in [0.29, 0.717) is 25.2 Å². The van der Waals surface area contributed by atoms with Crippen LogP contribution in [0, 0.1) is 11.7 Å². The fourth-order valence-electron chi connectivity index (χ4n) is 2.95. The van der Waals surface area contributed by atoms with Crippen molar-refractivity contribution in [2.24, 2.45) is 5.92 Å². The van der Waals surface area contributed by atoms with Gasteiger partial charge in [-0.15, -0.1) is 0 Å². The Bertz CT molecular complexity index is 729. The molecule has 1 aliphatic heterocycles. The van der Waals surface area contributed by atoms with Crippen molar-refractivity contribution in [1.29, 1.82) is 0 Å². The van der Waals surface area contributed by atoms with Gasteiger partial charge in [-0.1, -0.05) is 0 Å². The summed E-state index contributed by atoms with van der Waals surface area (Å²) >= 11 is 0. The molecule has 9 heteroatoms. The number of ether oxygens (including phenoxy) is 1. The van der Waals surface area contributed by atoms with Crippen LogP contribution in [0.15, 0.2) is 18.2 Å². The number of amides is 2. The smallest absolute Gasteiger partial charge is 0.419 e. The van der Waals surface area contributed by atoms with Crippen LogP contribution in [0.2, 0.25) is 0 Å². The van der Waals surface area contributed by atoms with Crippen molar-refractivity contribution in [3.63, 3.8) is 0 Å². The number of hydrogen-bond acceptors (Lipinski definition) is 3. The van der Waals surface area contributed by atoms with Gasteiger partial charge >= 0.3 is 12.3 Å². The lowest BCUT2D eigenvalue weighted by Crippen LogP contribution is -2.45. The maximum Gasteiger partial charge on any atom is 0.419 e. The molecule has 0 aliphatic carbocycles. The van der Waals surface area contributed by atoms with Crippen LogP contribution in [0.25, 0.3) is 0 Å². The summed E-state index contributed by atoms with van der Waals surface area (Å²) in [5.41, 5.74) is -2.36. The Hall–Kier alpha value is -2.32. The molecule has 0 aromatic heterocycles. The van der Waals surface area contributed by atoms with Gasteiger partial charge < -0.3 is 15.0 Å². The first-order valence-corrected chi connectivity index (χ1v) is 8.99. The molecule has 0 radical (unpaired) electrons. The van der Waals surface area contributed by atoms with E-state index < -0.39 is 35.2 Å². The van der Waals surface area contributed by atoms with Crippen molar-refractivity contribution in [3.8, 4) is 0 Å². The summed E-state index contributed by atoms with van der Waals surface area (Å²) in [6.07, 6.45) is -3.82. The van der Waals surface area contributed by atoms with Crippen molar-refractivity contribution in [2.75, 3.05) is 19.6 Å². The van der Waals surface area contributed by atoms with Crippen molar-refractivity contribution in [1.82, 2.24) is 10.2 Å². The second-order valence-corrected chi connectivity index (χ2v) is 7.84. The predicted octanol–water partition coefficient (Wildman–Crippen LogP) is 4.22. The Morgan fingerprint density at radius 1 is 1.25 bits per heavy atom. The monoisotopic (exact) mass is 404 g/mol. The van der Waals surface area contributed by atoms with Gasteiger partial charge in [-0.25, -0.2) is 9.18 Å². The van der Waals surface area contributed by atoms with E-state index in [4.69, 9.17) is 4.74 Å². The molecule has 1 fully saturated rings. The van der Waals surface area contributed by atoms with E-state index in [-0.39, 0.29) is 18.0 Å². The highest BCUT2D eigenvalue weighted by Crippen LogP contribution is 2.32. The SMILES string of the molecule is CC(C)(C)OC(=O)N1CCCC(CNC(=O)c2ccc(F)c(C(F)(F)F)c2)C1. The molecule has 2 rings (SSSR count). The Morgan fingerprint density at radius 3 is 2.54 bits per heavy atom. The molecule has 1 unspecified atom stereocenters. The third-order valence-corrected chi connectivity index (χ3v) is 4.26. The summed E-state index contributed by atoms with van der Waals surface area (Å²) in [5, 5.41) is 2.57. The number of benzene rings is 1. The Morgan fingerprint density at radius 2 is 1.93 bits per heavy atom. The maximum absolute atomic E-state index is 13.3. The molecule has 1 aromatic rings. The molecule has 28 heavy (non-hydrogen) atoms. The summed E-state index contributed by atoms with van der Waals surface area (Å²) in [7, 11) is 0. The maximum atomic E-state index is 13.3. The number of rotatable bonds is 3. The molecule has 0 spiro atoms. The van der Waals surface area contributed by atoms with Gasteiger partial charge in [-0.05, 0) is 57.7 Å². The first-order chi connectivity index (χ1) is 12.9. The van der Waals surface area contributed by atoms with E-state index in [1.165, 1.54) is 0 Å². The van der Waals surface area contributed by atoms with E-state index in [1.807, 2.05) is 0 Å². The molecule has 1 saturated heterocycles. The molecule has 0 saturated carbocycles. The van der Waals surface area contributed by atoms with Crippen LogP contribution in [0.1, 0.15) is 49.5 Å². The van der Waals surface area contributed by atoms with Crippen molar-refractivity contribution < 1.29 is 31.9 Å². The number of carbonyl (C=O) groups excluding carboxylic acids is 2. The highest BCUT2D eigenvalue weighted by Gasteiger charge is 2.35. The Balaban J connectivity index is 1.95. The van der Waals surface area contributed by atoms with E-state index in [2.05, 4.69) is 5.32 Å². The van der Waals surface area contributed by atoms with Crippen molar-refractivity contribution in [2.45, 2.75) is 45.4 Å². The zero-order valence-corrected chi connectivity index (χ0v) is 16.0. The molecular weight excluding hydrogens is 380 g/mol. The van der Waals surface area contributed by atoms with Crippen LogP contribution < -0.4 is 5.32 Å². The van der Waals surface area contributed by atoms with Gasteiger partial charge in [0.25, 0.3) is 5.91 Å². The van der Waals surface area contributed by atoms with Crippen LogP contribution in [-0.2, 0) is 10.9 Å². The van der Waals surface area contributed by atoms with Crippen LogP contribution in [-0.4, -0.2) is 42.1 Å². The van der Waals surface area contributed by atoms with Gasteiger partial charge in [-0.2, -0.15) is 13.2 Å². The standard InChI is InChI=1S/C19H24F4N2O3/c1-18(2,3)28-17(27)25-8-4-5-12(11-25)10-24-16(26)13-6-7-15(20)14(9-13)19(21,22)23/h6-7,9,12H,4-5,8,10-11H2,1-3H3,(H,24,26). The molecule has 0 bridgehead atoms. The van der Waals surface area contributed by atoms with Gasteiger partial charge in [-0.3, -0.25) is 4.79 Å². The number of alkyl halides is 3. The number of carbonyl (C=O) groups is 2. The number of halogens is 4. The third kappa shape index (κ3) is 6.10. The average Bonchev–Trinajstić information content (AvgIpc) is 2.58. The molecule has 1 aliphatic rings. The van der Waals surface area contributed by atoms with E-state index in [1.54, 1.807) is 25.7 Å². The summed E-state index contributed by atoms with van der Waals surface area (Å²) in [6, 6.07) is 2.13. The predicted molar refractivity (Wildman–Crippen MR) is 94.3 cm³/mol. The molecule has 2 amide bonds. The first kappa shape index (κ1) is 22.0. The highest BCUT2D eigenvalue weighted by molar-refractivity contribution is 5.94. The lowest BCUT2D eigenvalue weighted by molar-refractivity contribution is -0.140. The quantitative estimate of drug-likeness (QED) is 0.768. The molecule has 1 N–H and O–H groups in total. The normalized spacial score (nSPS) is 18.0. The minimum absolute atomic E-state index is 0.0484. The van der Waals surface area contributed by atoms with Crippen LogP contribution in [0.3, 0.4) is 0 Å². The molecule has 156 valence electrons. The fraction of sp³-hybridized carbons (Fsp3) is 0.579. The molecule has 5 nitrogen and oxygen atoms in total. The summed E-state index contributed by atoms with van der Waals surface area (Å²) < 4.78 is 57.0. The number of nitrogens with one attached hydrogen (secondary N) is 1. The first-order valence-electron chi connectivity index (χ1n) is 8.99. The van der Waals surface area contributed by atoms with E-state index >= 15 is 0 Å². The number of piperidine rings is 1. The lowest BCUT2D eigenvalue weighted by atomic mass is 9.98. The molecule has 1 heterocycles. The van der Waals surface area contributed by atoms with Gasteiger partial charge in [0.05, 0.1) is 5.56 Å². The summed E-state index contributed by atoms with van der Waals surface area (Å²) in [6.45, 7) is 6.43. The second-order valence-electron chi connectivity index (χ2n) is 7.84. The summed E-state index contributed by atoms with van der Waals surface area (Å²) in [5.74, 6) is -2.20. The Labute approximate surface area is 161 Å². The van der Waals surface area contributed by atoms with Gasteiger partial charge in [0.2, 0.25) is 0 Å². The molecule has 1 aromatic carbocycles. The van der Waals surface area contributed by atoms with Gasteiger partial charge in [0.1, 0.15) is 11.4 Å². The number of nitrogens with zero attached hydrogens (tertiary/aromatic N) is 1. The lowest BCUT2D eigenvalue weighted by Gasteiger charge is -2.34. The largest absolute Gasteiger partial charge is 0.444 e. The Kier molecular flexibility index (Phi) is 6.56. The number of hydrogen-bond donors (Lipinski definition) is 1. The van der Waals surface area contributed by atoms with Crippen molar-refractivity contribution >= 4 is 12.0 Å². The van der Waals surface area contributed by atoms with Gasteiger partial charge in [0, 0.05) is 25.2 Å². The zero-order valence-electron chi connectivity index (χ0n) is 16.0. The third-order valence-electron chi connectivity index (χ3n) is 4.26. The zero-order chi connectivity index (χ0) is 21.1. The molecular formula is C19H24F4N2O3. The van der Waals surface area contributed by atoms with Crippen molar-refractivity contribution in [3.05, 3.63) is 35.1 Å². The van der Waals surface area contributed by atoms with Crippen LogP contribution in [0.5, 0.6) is 0 Å². The fourth-order valence-corrected chi connectivity index (χ4v) is 2.95. The minimum atomic E-state index is -4.88. The van der Waals surface area contributed by atoms with E-state index in [9.17, 15) is 27.2 Å².